The number of rotatable bonds is 3. The molecule has 14 heavy (non-hydrogen) atoms. The van der Waals surface area contributed by atoms with Crippen LogP contribution in [0.15, 0.2) is 27.6 Å². The molecule has 0 bridgehead atoms. The lowest BCUT2D eigenvalue weighted by molar-refractivity contribution is 0.740. The minimum atomic E-state index is -0.327. The molecule has 4 nitrogen and oxygen atoms in total. The van der Waals surface area contributed by atoms with Crippen molar-refractivity contribution in [2.75, 3.05) is 5.73 Å². The second-order valence-corrected chi connectivity index (χ2v) is 3.64. The highest BCUT2D eigenvalue weighted by Crippen LogP contribution is 2.12. The Morgan fingerprint density at radius 3 is 3.00 bits per heavy atom. The largest absolute Gasteiger partial charge is 0.383 e. The Bertz CT molecular complexity index is 398. The van der Waals surface area contributed by atoms with E-state index in [9.17, 15) is 4.79 Å². The van der Waals surface area contributed by atoms with Crippen molar-refractivity contribution < 1.29 is 0 Å². The molecule has 1 aromatic rings. The van der Waals surface area contributed by atoms with Gasteiger partial charge in [-0.1, -0.05) is 19.1 Å². The summed E-state index contributed by atoms with van der Waals surface area (Å²) in [4.78, 5) is 15.0. The Morgan fingerprint density at radius 1 is 1.64 bits per heavy atom. The minimum absolute atomic E-state index is 0.228. The molecule has 0 aromatic carbocycles. The Kier molecular flexibility index (Phi) is 3.88. The zero-order valence-electron chi connectivity index (χ0n) is 7.90. The van der Waals surface area contributed by atoms with Crippen molar-refractivity contribution in [3.63, 3.8) is 0 Å². The van der Waals surface area contributed by atoms with Gasteiger partial charge in [0.05, 0.1) is 4.47 Å². The van der Waals surface area contributed by atoms with Crippen molar-refractivity contribution in [3.05, 3.63) is 33.3 Å². The molecule has 1 aromatic heterocycles. The van der Waals surface area contributed by atoms with Crippen LogP contribution in [0.1, 0.15) is 13.3 Å². The SMILES string of the molecule is CC/C=C\Cn1cc(Br)c(N)nc1=O. The number of hydrogen-bond acceptors (Lipinski definition) is 3. The molecular weight excluding hydrogens is 246 g/mol. The average Bonchev–Trinajstić information content (AvgIpc) is 2.14. The lowest BCUT2D eigenvalue weighted by Crippen LogP contribution is -2.23. The summed E-state index contributed by atoms with van der Waals surface area (Å²) < 4.78 is 2.13. The van der Waals surface area contributed by atoms with E-state index in [0.29, 0.717) is 11.0 Å². The summed E-state index contributed by atoms with van der Waals surface area (Å²) in [6.45, 7) is 2.56. The lowest BCUT2D eigenvalue weighted by Gasteiger charge is -2.02. The highest BCUT2D eigenvalue weighted by atomic mass is 79.9. The maximum absolute atomic E-state index is 11.3. The van der Waals surface area contributed by atoms with E-state index >= 15 is 0 Å². The third kappa shape index (κ3) is 2.70. The van der Waals surface area contributed by atoms with Crippen molar-refractivity contribution >= 4 is 21.7 Å². The molecule has 5 heteroatoms. The van der Waals surface area contributed by atoms with Crippen LogP contribution in [-0.4, -0.2) is 9.55 Å². The number of nitrogens with zero attached hydrogens (tertiary/aromatic N) is 2. The van der Waals surface area contributed by atoms with Gasteiger partial charge in [-0.25, -0.2) is 4.79 Å². The fourth-order valence-corrected chi connectivity index (χ4v) is 1.30. The van der Waals surface area contributed by atoms with Crippen LogP contribution >= 0.6 is 15.9 Å². The molecule has 0 saturated carbocycles. The van der Waals surface area contributed by atoms with Gasteiger partial charge in [-0.05, 0) is 22.4 Å². The molecule has 2 N–H and O–H groups in total. The first-order valence-electron chi connectivity index (χ1n) is 4.32. The van der Waals surface area contributed by atoms with E-state index in [0.717, 1.165) is 6.42 Å². The van der Waals surface area contributed by atoms with Gasteiger partial charge >= 0.3 is 5.69 Å². The molecule has 0 amide bonds. The molecule has 0 aliphatic heterocycles. The second kappa shape index (κ2) is 4.95. The Hall–Kier alpha value is -1.10. The molecule has 0 fully saturated rings. The summed E-state index contributed by atoms with van der Waals surface area (Å²) in [5.74, 6) is 0.228. The topological polar surface area (TPSA) is 60.9 Å². The number of nitrogens with two attached hydrogens (primary N) is 1. The van der Waals surface area contributed by atoms with Crippen LogP contribution in [0.5, 0.6) is 0 Å². The number of halogens is 1. The highest BCUT2D eigenvalue weighted by molar-refractivity contribution is 9.10. The quantitative estimate of drug-likeness (QED) is 0.837. The third-order valence-electron chi connectivity index (χ3n) is 1.68. The Morgan fingerprint density at radius 2 is 2.36 bits per heavy atom. The Balaban J connectivity index is 2.93. The van der Waals surface area contributed by atoms with Gasteiger partial charge in [0.1, 0.15) is 5.82 Å². The smallest absolute Gasteiger partial charge is 0.349 e. The van der Waals surface area contributed by atoms with Crippen LogP contribution in [0.4, 0.5) is 5.82 Å². The first-order chi connectivity index (χ1) is 6.65. The summed E-state index contributed by atoms with van der Waals surface area (Å²) in [6.07, 6.45) is 6.52. The molecule has 0 unspecified atom stereocenters. The third-order valence-corrected chi connectivity index (χ3v) is 2.29. The van der Waals surface area contributed by atoms with Crippen LogP contribution in [0, 0.1) is 0 Å². The van der Waals surface area contributed by atoms with Crippen LogP contribution in [-0.2, 0) is 6.54 Å². The maximum atomic E-state index is 11.3. The van der Waals surface area contributed by atoms with E-state index in [2.05, 4.69) is 20.9 Å². The summed E-state index contributed by atoms with van der Waals surface area (Å²) in [6, 6.07) is 0. The van der Waals surface area contributed by atoms with Crippen LogP contribution < -0.4 is 11.4 Å². The summed E-state index contributed by atoms with van der Waals surface area (Å²) in [7, 11) is 0. The zero-order chi connectivity index (χ0) is 10.6. The number of aromatic nitrogens is 2. The van der Waals surface area contributed by atoms with Gasteiger partial charge in [0.25, 0.3) is 0 Å². The zero-order valence-corrected chi connectivity index (χ0v) is 9.49. The molecule has 0 radical (unpaired) electrons. The van der Waals surface area contributed by atoms with E-state index < -0.39 is 0 Å². The number of allylic oxidation sites excluding steroid dienone is 2. The van der Waals surface area contributed by atoms with Crippen molar-refractivity contribution in [2.45, 2.75) is 19.9 Å². The molecule has 76 valence electrons. The fourth-order valence-electron chi connectivity index (χ4n) is 0.964. The molecule has 0 saturated heterocycles. The van der Waals surface area contributed by atoms with Gasteiger partial charge < -0.3 is 5.73 Å². The molecule has 0 atom stereocenters. The first-order valence-corrected chi connectivity index (χ1v) is 5.12. The van der Waals surface area contributed by atoms with E-state index in [1.807, 2.05) is 19.1 Å². The monoisotopic (exact) mass is 257 g/mol. The Labute approximate surface area is 90.6 Å². The van der Waals surface area contributed by atoms with Gasteiger partial charge in [0.15, 0.2) is 0 Å². The van der Waals surface area contributed by atoms with Gasteiger partial charge in [0.2, 0.25) is 0 Å². The van der Waals surface area contributed by atoms with Gasteiger partial charge in [-0.3, -0.25) is 4.57 Å². The molecule has 0 aliphatic rings. The molecular formula is C9H12BrN3O. The van der Waals surface area contributed by atoms with E-state index in [-0.39, 0.29) is 11.5 Å². The normalized spacial score (nSPS) is 11.0. The number of nitrogen functional groups attached to an aromatic ring is 1. The fraction of sp³-hybridized carbons (Fsp3) is 0.333. The predicted octanol–water partition coefficient (Wildman–Crippen LogP) is 1.55. The molecule has 0 aliphatic carbocycles. The van der Waals surface area contributed by atoms with Crippen molar-refractivity contribution in [2.24, 2.45) is 0 Å². The summed E-state index contributed by atoms with van der Waals surface area (Å²) >= 11 is 3.22. The summed E-state index contributed by atoms with van der Waals surface area (Å²) in [5.41, 5.74) is 5.13. The van der Waals surface area contributed by atoms with Gasteiger partial charge in [-0.15, -0.1) is 0 Å². The van der Waals surface area contributed by atoms with E-state index in [1.54, 1.807) is 6.20 Å². The van der Waals surface area contributed by atoms with Crippen molar-refractivity contribution in [3.8, 4) is 0 Å². The second-order valence-electron chi connectivity index (χ2n) is 2.79. The van der Waals surface area contributed by atoms with Crippen molar-refractivity contribution in [1.82, 2.24) is 9.55 Å². The lowest BCUT2D eigenvalue weighted by atomic mass is 10.4. The predicted molar refractivity (Wildman–Crippen MR) is 60.0 cm³/mol. The van der Waals surface area contributed by atoms with Crippen LogP contribution in [0.3, 0.4) is 0 Å². The van der Waals surface area contributed by atoms with E-state index in [1.165, 1.54) is 4.57 Å². The highest BCUT2D eigenvalue weighted by Gasteiger charge is 2.01. The number of anilines is 1. The van der Waals surface area contributed by atoms with Gasteiger partial charge in [0, 0.05) is 12.7 Å². The molecule has 1 heterocycles. The van der Waals surface area contributed by atoms with E-state index in [4.69, 9.17) is 5.73 Å². The number of hydrogen-bond donors (Lipinski definition) is 1. The maximum Gasteiger partial charge on any atom is 0.349 e. The average molecular weight is 258 g/mol. The molecule has 1 rings (SSSR count). The van der Waals surface area contributed by atoms with Crippen LogP contribution in [0.2, 0.25) is 0 Å². The summed E-state index contributed by atoms with van der Waals surface area (Å²) in [5, 5.41) is 0. The standard InChI is InChI=1S/C9H12BrN3O/c1-2-3-4-5-13-6-7(10)8(11)12-9(13)14/h3-4,6H,2,5H2,1H3,(H2,11,12,14)/b4-3-. The molecule has 0 spiro atoms. The van der Waals surface area contributed by atoms with Gasteiger partial charge in [-0.2, -0.15) is 4.98 Å². The first kappa shape index (κ1) is 11.0. The van der Waals surface area contributed by atoms with Crippen molar-refractivity contribution in [1.29, 1.82) is 0 Å². The minimum Gasteiger partial charge on any atom is -0.383 e. The van der Waals surface area contributed by atoms with Crippen LogP contribution in [0.25, 0.3) is 0 Å².